The van der Waals surface area contributed by atoms with E-state index in [-0.39, 0.29) is 11.3 Å². The normalized spacial score (nSPS) is 13.3. The van der Waals surface area contributed by atoms with Crippen molar-refractivity contribution in [1.29, 1.82) is 0 Å². The van der Waals surface area contributed by atoms with Gasteiger partial charge < -0.3 is 9.84 Å². The molecule has 1 rings (SSSR count). The van der Waals surface area contributed by atoms with Crippen molar-refractivity contribution in [2.45, 2.75) is 37.2 Å². The maximum Gasteiger partial charge on any atom is 0.321 e. The van der Waals surface area contributed by atoms with E-state index < -0.39 is 22.0 Å². The SMILES string of the molecule is CCCC(NS(=O)(=O)c1cnn(CCOC)c1)C(=O)O. The molecule has 1 aromatic rings. The maximum absolute atomic E-state index is 12.0. The summed E-state index contributed by atoms with van der Waals surface area (Å²) in [6.07, 6.45) is 3.31. The molecular weight excluding hydrogens is 286 g/mol. The summed E-state index contributed by atoms with van der Waals surface area (Å²) in [5, 5.41) is 12.9. The zero-order valence-electron chi connectivity index (χ0n) is 11.4. The third kappa shape index (κ3) is 4.58. The molecule has 0 fully saturated rings. The highest BCUT2D eigenvalue weighted by atomic mass is 32.2. The van der Waals surface area contributed by atoms with Crippen LogP contribution in [0.15, 0.2) is 17.3 Å². The van der Waals surface area contributed by atoms with E-state index in [9.17, 15) is 13.2 Å². The fraction of sp³-hybridized carbons (Fsp3) is 0.636. The third-order valence-electron chi connectivity index (χ3n) is 2.62. The standard InChI is InChI=1S/C11H19N3O5S/c1-3-4-10(11(15)16)13-20(17,18)9-7-12-14(8-9)5-6-19-2/h7-8,10,13H,3-6H2,1-2H3,(H,15,16). The second kappa shape index (κ2) is 7.36. The number of carbonyl (C=O) groups is 1. The van der Waals surface area contributed by atoms with E-state index in [1.807, 2.05) is 0 Å². The summed E-state index contributed by atoms with van der Waals surface area (Å²) in [4.78, 5) is 10.9. The van der Waals surface area contributed by atoms with Gasteiger partial charge in [0.15, 0.2) is 0 Å². The van der Waals surface area contributed by atoms with E-state index in [1.165, 1.54) is 24.2 Å². The van der Waals surface area contributed by atoms with Crippen molar-refractivity contribution in [3.05, 3.63) is 12.4 Å². The van der Waals surface area contributed by atoms with Crippen LogP contribution in [0, 0.1) is 0 Å². The van der Waals surface area contributed by atoms with Gasteiger partial charge in [-0.15, -0.1) is 0 Å². The van der Waals surface area contributed by atoms with Crippen LogP contribution in [-0.4, -0.2) is 49.0 Å². The van der Waals surface area contributed by atoms with Gasteiger partial charge in [-0.1, -0.05) is 13.3 Å². The monoisotopic (exact) mass is 305 g/mol. The number of hydrogen-bond donors (Lipinski definition) is 2. The molecule has 0 saturated carbocycles. The van der Waals surface area contributed by atoms with E-state index in [2.05, 4.69) is 9.82 Å². The fourth-order valence-corrected chi connectivity index (χ4v) is 2.74. The second-order valence-electron chi connectivity index (χ2n) is 4.23. The summed E-state index contributed by atoms with van der Waals surface area (Å²) < 4.78 is 32.6. The van der Waals surface area contributed by atoms with Gasteiger partial charge in [0.2, 0.25) is 10.0 Å². The Labute approximate surface area is 117 Å². The smallest absolute Gasteiger partial charge is 0.321 e. The second-order valence-corrected chi connectivity index (χ2v) is 5.95. The van der Waals surface area contributed by atoms with Gasteiger partial charge in [-0.05, 0) is 6.42 Å². The Balaban J connectivity index is 2.81. The summed E-state index contributed by atoms with van der Waals surface area (Å²) in [5.74, 6) is -1.19. The van der Waals surface area contributed by atoms with Gasteiger partial charge >= 0.3 is 5.97 Å². The molecule has 1 atom stereocenters. The number of hydrogen-bond acceptors (Lipinski definition) is 5. The molecule has 20 heavy (non-hydrogen) atoms. The molecule has 0 bridgehead atoms. The van der Waals surface area contributed by atoms with Crippen molar-refractivity contribution in [3.8, 4) is 0 Å². The van der Waals surface area contributed by atoms with Crippen molar-refractivity contribution >= 4 is 16.0 Å². The van der Waals surface area contributed by atoms with Crippen molar-refractivity contribution in [3.63, 3.8) is 0 Å². The molecular formula is C11H19N3O5S. The van der Waals surface area contributed by atoms with Gasteiger partial charge in [0.25, 0.3) is 0 Å². The lowest BCUT2D eigenvalue weighted by Gasteiger charge is -2.12. The number of carboxylic acid groups (broad SMARTS) is 1. The first-order chi connectivity index (χ1) is 9.40. The summed E-state index contributed by atoms with van der Waals surface area (Å²) in [6, 6.07) is -1.13. The molecule has 0 radical (unpaired) electrons. The number of carboxylic acids is 1. The van der Waals surface area contributed by atoms with E-state index in [1.54, 1.807) is 6.92 Å². The van der Waals surface area contributed by atoms with Gasteiger partial charge in [0.1, 0.15) is 10.9 Å². The fourth-order valence-electron chi connectivity index (χ4n) is 1.57. The molecule has 9 heteroatoms. The number of methoxy groups -OCH3 is 1. The quantitative estimate of drug-likeness (QED) is 0.667. The summed E-state index contributed by atoms with van der Waals surface area (Å²) in [5.41, 5.74) is 0. The molecule has 0 saturated heterocycles. The lowest BCUT2D eigenvalue weighted by Crippen LogP contribution is -2.40. The highest BCUT2D eigenvalue weighted by molar-refractivity contribution is 7.89. The van der Waals surface area contributed by atoms with Crippen LogP contribution in [0.1, 0.15) is 19.8 Å². The highest BCUT2D eigenvalue weighted by Crippen LogP contribution is 2.09. The Morgan fingerprint density at radius 2 is 2.30 bits per heavy atom. The number of nitrogens with one attached hydrogen (secondary N) is 1. The molecule has 0 aliphatic heterocycles. The Hall–Kier alpha value is -1.45. The van der Waals surface area contributed by atoms with Crippen molar-refractivity contribution < 1.29 is 23.1 Å². The summed E-state index contributed by atoms with van der Waals surface area (Å²) in [6.45, 7) is 2.61. The van der Waals surface area contributed by atoms with Gasteiger partial charge in [-0.2, -0.15) is 9.82 Å². The molecule has 114 valence electrons. The average molecular weight is 305 g/mol. The molecule has 0 aliphatic rings. The number of aromatic nitrogens is 2. The predicted molar refractivity (Wildman–Crippen MR) is 70.8 cm³/mol. The molecule has 1 aromatic heterocycles. The van der Waals surface area contributed by atoms with E-state index >= 15 is 0 Å². The molecule has 0 amide bonds. The van der Waals surface area contributed by atoms with Gasteiger partial charge in [0.05, 0.1) is 19.3 Å². The average Bonchev–Trinajstić information content (AvgIpc) is 2.85. The minimum Gasteiger partial charge on any atom is -0.480 e. The zero-order chi connectivity index (χ0) is 15.2. The summed E-state index contributed by atoms with van der Waals surface area (Å²) in [7, 11) is -2.35. The van der Waals surface area contributed by atoms with Gasteiger partial charge in [0, 0.05) is 13.3 Å². The molecule has 1 heterocycles. The molecule has 0 spiro atoms. The van der Waals surface area contributed by atoms with Crippen LogP contribution in [-0.2, 0) is 26.1 Å². The molecule has 0 aromatic carbocycles. The number of aliphatic carboxylic acids is 1. The van der Waals surface area contributed by atoms with Crippen LogP contribution >= 0.6 is 0 Å². The molecule has 2 N–H and O–H groups in total. The molecule has 0 aliphatic carbocycles. The van der Waals surface area contributed by atoms with E-state index in [4.69, 9.17) is 9.84 Å². The lowest BCUT2D eigenvalue weighted by atomic mass is 10.2. The first-order valence-electron chi connectivity index (χ1n) is 6.17. The largest absolute Gasteiger partial charge is 0.480 e. The van der Waals surface area contributed by atoms with Crippen molar-refractivity contribution in [2.24, 2.45) is 0 Å². The minimum atomic E-state index is -3.89. The Morgan fingerprint density at radius 1 is 1.60 bits per heavy atom. The topological polar surface area (TPSA) is 111 Å². The van der Waals surface area contributed by atoms with Crippen LogP contribution < -0.4 is 4.72 Å². The number of rotatable bonds is 9. The van der Waals surface area contributed by atoms with Crippen LogP contribution in [0.3, 0.4) is 0 Å². The predicted octanol–water partition coefficient (Wildman–Crippen LogP) is 0.0611. The Morgan fingerprint density at radius 3 is 2.85 bits per heavy atom. The highest BCUT2D eigenvalue weighted by Gasteiger charge is 2.25. The van der Waals surface area contributed by atoms with E-state index in [0.717, 1.165) is 0 Å². The van der Waals surface area contributed by atoms with Gasteiger partial charge in [-0.3, -0.25) is 9.48 Å². The lowest BCUT2D eigenvalue weighted by molar-refractivity contribution is -0.139. The van der Waals surface area contributed by atoms with Crippen LogP contribution in [0.25, 0.3) is 0 Å². The Bertz CT molecular complexity index is 540. The molecule has 8 nitrogen and oxygen atoms in total. The van der Waals surface area contributed by atoms with Crippen molar-refractivity contribution in [1.82, 2.24) is 14.5 Å². The van der Waals surface area contributed by atoms with E-state index in [0.29, 0.717) is 19.6 Å². The van der Waals surface area contributed by atoms with Crippen molar-refractivity contribution in [2.75, 3.05) is 13.7 Å². The number of sulfonamides is 1. The number of nitrogens with zero attached hydrogens (tertiary/aromatic N) is 2. The molecule has 1 unspecified atom stereocenters. The maximum atomic E-state index is 12.0. The first kappa shape index (κ1) is 16.6. The minimum absolute atomic E-state index is 0.0593. The van der Waals surface area contributed by atoms with Crippen LogP contribution in [0.5, 0.6) is 0 Å². The van der Waals surface area contributed by atoms with Gasteiger partial charge in [-0.25, -0.2) is 8.42 Å². The first-order valence-corrected chi connectivity index (χ1v) is 7.65. The third-order valence-corrected chi connectivity index (χ3v) is 4.04. The Kier molecular flexibility index (Phi) is 6.11. The summed E-state index contributed by atoms with van der Waals surface area (Å²) >= 11 is 0. The zero-order valence-corrected chi connectivity index (χ0v) is 12.3. The van der Waals surface area contributed by atoms with Crippen LogP contribution in [0.4, 0.5) is 0 Å². The number of ether oxygens (including phenoxy) is 1. The van der Waals surface area contributed by atoms with Crippen LogP contribution in [0.2, 0.25) is 0 Å².